The summed E-state index contributed by atoms with van der Waals surface area (Å²) in [6, 6.07) is 1.88. The molecule has 0 radical (unpaired) electrons. The molecule has 22 heavy (non-hydrogen) atoms. The molecule has 1 fully saturated rings. The number of hydrogen-bond acceptors (Lipinski definition) is 3. The zero-order valence-electron chi connectivity index (χ0n) is 12.1. The summed E-state index contributed by atoms with van der Waals surface area (Å²) in [5.41, 5.74) is 1.09. The van der Waals surface area contributed by atoms with E-state index in [4.69, 9.17) is 0 Å². The first-order valence-electron chi connectivity index (χ1n) is 6.64. The van der Waals surface area contributed by atoms with Crippen LogP contribution >= 0.6 is 52.1 Å². The van der Waals surface area contributed by atoms with Crippen LogP contribution in [0.25, 0.3) is 0 Å². The summed E-state index contributed by atoms with van der Waals surface area (Å²) in [4.78, 5) is 3.19. The molecule has 1 aromatic heterocycles. The number of alkyl halides is 3. The van der Waals surface area contributed by atoms with Crippen molar-refractivity contribution in [2.75, 3.05) is 26.2 Å². The van der Waals surface area contributed by atoms with E-state index in [-0.39, 0.29) is 37.3 Å². The molecule has 0 amide bonds. The third-order valence-electron chi connectivity index (χ3n) is 3.50. The molecule has 0 aromatic carbocycles. The number of nitrogens with one attached hydrogen (secondary N) is 1. The van der Waals surface area contributed by atoms with Crippen molar-refractivity contribution >= 4 is 52.1 Å². The van der Waals surface area contributed by atoms with Crippen molar-refractivity contribution in [3.8, 4) is 0 Å². The average Bonchev–Trinajstić information content (AvgIpc) is 2.69. The molecule has 2 heterocycles. The zero-order chi connectivity index (χ0) is 14.8. The molecular weight excluding hydrogens is 424 g/mol. The maximum Gasteiger partial charge on any atom is 0.389 e. The molecule has 0 bridgehead atoms. The molecular formula is C13H20BrCl2F3N2S. The summed E-state index contributed by atoms with van der Waals surface area (Å²) in [5.74, 6) is 0. The van der Waals surface area contributed by atoms with Crippen LogP contribution in [0.2, 0.25) is 0 Å². The number of nitrogens with zero attached hydrogens (tertiary/aromatic N) is 1. The highest BCUT2D eigenvalue weighted by Gasteiger charge is 2.32. The minimum Gasteiger partial charge on any atom is -0.314 e. The third-order valence-corrected chi connectivity index (χ3v) is 5.74. The molecule has 1 saturated heterocycles. The van der Waals surface area contributed by atoms with E-state index in [0.29, 0.717) is 0 Å². The number of aryl methyl sites for hydroxylation is 1. The van der Waals surface area contributed by atoms with E-state index in [0.717, 1.165) is 40.4 Å². The molecule has 1 atom stereocenters. The predicted octanol–water partition coefficient (Wildman–Crippen LogP) is 4.95. The Labute approximate surface area is 153 Å². The molecule has 2 rings (SSSR count). The van der Waals surface area contributed by atoms with Crippen LogP contribution in [0.5, 0.6) is 0 Å². The van der Waals surface area contributed by atoms with Gasteiger partial charge in [-0.25, -0.2) is 0 Å². The lowest BCUT2D eigenvalue weighted by atomic mass is 10.1. The van der Waals surface area contributed by atoms with Crippen LogP contribution < -0.4 is 5.32 Å². The van der Waals surface area contributed by atoms with Crippen LogP contribution in [0.4, 0.5) is 13.2 Å². The van der Waals surface area contributed by atoms with Crippen molar-refractivity contribution in [3.63, 3.8) is 0 Å². The molecule has 1 aliphatic heterocycles. The van der Waals surface area contributed by atoms with Gasteiger partial charge in [0.05, 0.1) is 3.79 Å². The first-order valence-corrected chi connectivity index (χ1v) is 8.25. The molecule has 2 nitrogen and oxygen atoms in total. The molecule has 1 aromatic rings. The summed E-state index contributed by atoms with van der Waals surface area (Å²) in [6.07, 6.45) is -4.68. The molecule has 0 saturated carbocycles. The Hall–Kier alpha value is 0.470. The predicted molar refractivity (Wildman–Crippen MR) is 93.7 cm³/mol. The molecule has 0 unspecified atom stereocenters. The van der Waals surface area contributed by atoms with Crippen molar-refractivity contribution in [2.45, 2.75) is 32.0 Å². The Morgan fingerprint density at radius 1 is 1.32 bits per heavy atom. The van der Waals surface area contributed by atoms with E-state index < -0.39 is 12.6 Å². The van der Waals surface area contributed by atoms with Gasteiger partial charge in [-0.2, -0.15) is 13.2 Å². The number of rotatable bonds is 4. The molecule has 0 spiro atoms. The summed E-state index contributed by atoms with van der Waals surface area (Å²) >= 11 is 5.02. The van der Waals surface area contributed by atoms with Gasteiger partial charge in [0.25, 0.3) is 0 Å². The van der Waals surface area contributed by atoms with E-state index in [1.165, 1.54) is 0 Å². The van der Waals surface area contributed by atoms with Gasteiger partial charge in [0.15, 0.2) is 0 Å². The summed E-state index contributed by atoms with van der Waals surface area (Å²) in [7, 11) is 0. The average molecular weight is 444 g/mol. The van der Waals surface area contributed by atoms with Crippen molar-refractivity contribution in [1.29, 1.82) is 0 Å². The van der Waals surface area contributed by atoms with Crippen molar-refractivity contribution in [1.82, 2.24) is 10.2 Å². The topological polar surface area (TPSA) is 15.3 Å². The fourth-order valence-electron chi connectivity index (χ4n) is 2.45. The van der Waals surface area contributed by atoms with Crippen molar-refractivity contribution < 1.29 is 13.2 Å². The van der Waals surface area contributed by atoms with Crippen LogP contribution in [0.15, 0.2) is 9.85 Å². The van der Waals surface area contributed by atoms with Gasteiger partial charge in [-0.1, -0.05) is 0 Å². The summed E-state index contributed by atoms with van der Waals surface area (Å²) in [5, 5.41) is 3.24. The Bertz CT molecular complexity index is 431. The van der Waals surface area contributed by atoms with E-state index in [2.05, 4.69) is 26.1 Å². The van der Waals surface area contributed by atoms with Gasteiger partial charge in [-0.15, -0.1) is 36.2 Å². The largest absolute Gasteiger partial charge is 0.389 e. The van der Waals surface area contributed by atoms with Gasteiger partial charge in [-0.3, -0.25) is 4.90 Å². The van der Waals surface area contributed by atoms with Gasteiger partial charge < -0.3 is 5.32 Å². The standard InChI is InChI=1S/C13H18BrF3N2S.2ClH/c1-9-8-11(20-12(9)14)10(2-3-13(15,16)17)19-6-4-18-5-7-19;;/h8,10,18H,2-7H2,1H3;2*1H/t10-;;/m0../s1. The lowest BCUT2D eigenvalue weighted by Gasteiger charge is -2.34. The second-order valence-corrected chi connectivity index (χ2v) is 7.46. The maximum atomic E-state index is 12.5. The van der Waals surface area contributed by atoms with Crippen molar-refractivity contribution in [2.24, 2.45) is 0 Å². The molecule has 1 N–H and O–H groups in total. The zero-order valence-corrected chi connectivity index (χ0v) is 16.1. The van der Waals surface area contributed by atoms with Crippen LogP contribution in [-0.4, -0.2) is 37.3 Å². The maximum absolute atomic E-state index is 12.5. The highest BCUT2D eigenvalue weighted by Crippen LogP contribution is 2.38. The van der Waals surface area contributed by atoms with E-state index in [1.54, 1.807) is 11.3 Å². The lowest BCUT2D eigenvalue weighted by Crippen LogP contribution is -2.45. The Morgan fingerprint density at radius 3 is 2.36 bits per heavy atom. The van der Waals surface area contributed by atoms with Crippen LogP contribution in [0, 0.1) is 6.92 Å². The monoisotopic (exact) mass is 442 g/mol. The normalized spacial score (nSPS) is 17.5. The highest BCUT2D eigenvalue weighted by molar-refractivity contribution is 9.11. The van der Waals surface area contributed by atoms with Gasteiger partial charge in [0.1, 0.15) is 0 Å². The number of hydrogen-bond donors (Lipinski definition) is 1. The molecule has 1 aliphatic rings. The van der Waals surface area contributed by atoms with E-state index in [1.807, 2.05) is 13.0 Å². The second-order valence-electron chi connectivity index (χ2n) is 5.06. The van der Waals surface area contributed by atoms with Crippen LogP contribution in [0.1, 0.15) is 29.3 Å². The number of halogens is 6. The lowest BCUT2D eigenvalue weighted by molar-refractivity contribution is -0.138. The van der Waals surface area contributed by atoms with Gasteiger partial charge >= 0.3 is 6.18 Å². The van der Waals surface area contributed by atoms with E-state index >= 15 is 0 Å². The Balaban J connectivity index is 0.00000220. The summed E-state index contributed by atoms with van der Waals surface area (Å²) < 4.78 is 38.7. The van der Waals surface area contributed by atoms with E-state index in [9.17, 15) is 13.2 Å². The highest BCUT2D eigenvalue weighted by atomic mass is 79.9. The fourth-order valence-corrected chi connectivity index (χ4v) is 4.19. The molecule has 9 heteroatoms. The van der Waals surface area contributed by atoms with Crippen molar-refractivity contribution in [3.05, 3.63) is 20.3 Å². The molecule has 130 valence electrons. The van der Waals surface area contributed by atoms with Crippen LogP contribution in [-0.2, 0) is 0 Å². The van der Waals surface area contributed by atoms with Gasteiger partial charge in [-0.05, 0) is 40.9 Å². The second kappa shape index (κ2) is 9.69. The first-order chi connectivity index (χ1) is 9.37. The summed E-state index contributed by atoms with van der Waals surface area (Å²) in [6.45, 7) is 5.26. The minimum absolute atomic E-state index is 0. The SMILES string of the molecule is Cc1cc([C@H](CCC(F)(F)F)N2CCNCC2)sc1Br.Cl.Cl. The third kappa shape index (κ3) is 6.53. The minimum atomic E-state index is -4.09. The van der Waals surface area contributed by atoms with Gasteiger partial charge in [0, 0.05) is 43.5 Å². The van der Waals surface area contributed by atoms with Gasteiger partial charge in [0.2, 0.25) is 0 Å². The number of piperazine rings is 1. The molecule has 0 aliphatic carbocycles. The smallest absolute Gasteiger partial charge is 0.314 e. The fraction of sp³-hybridized carbons (Fsp3) is 0.692. The first kappa shape index (κ1) is 22.5. The Kier molecular flexibility index (Phi) is 9.90. The Morgan fingerprint density at radius 2 is 1.91 bits per heavy atom. The van der Waals surface area contributed by atoms with Crippen LogP contribution in [0.3, 0.4) is 0 Å². The number of thiophene rings is 1. The quantitative estimate of drug-likeness (QED) is 0.707.